The Labute approximate surface area is 119 Å². The average Bonchev–Trinajstić information content (AvgIpc) is 2.31. The fourth-order valence-electron chi connectivity index (χ4n) is 2.49. The third-order valence-electron chi connectivity index (χ3n) is 3.60. The lowest BCUT2D eigenvalue weighted by Crippen LogP contribution is -2.45. The molecule has 1 rings (SSSR count). The second kappa shape index (κ2) is 6.72. The van der Waals surface area contributed by atoms with Crippen LogP contribution >= 0.6 is 7.14 Å². The third-order valence-corrected chi connectivity index (χ3v) is 7.57. The van der Waals surface area contributed by atoms with E-state index in [1.54, 1.807) is 0 Å². The zero-order valence-electron chi connectivity index (χ0n) is 12.6. The van der Waals surface area contributed by atoms with Crippen LogP contribution in [0.3, 0.4) is 0 Å². The van der Waals surface area contributed by atoms with E-state index in [0.717, 1.165) is 0 Å². The summed E-state index contributed by atoms with van der Waals surface area (Å²) in [4.78, 5) is 22.4. The molecule has 0 aromatic carbocycles. The molecule has 0 aromatic rings. The van der Waals surface area contributed by atoms with Crippen LogP contribution in [-0.4, -0.2) is 48.9 Å². The van der Waals surface area contributed by atoms with E-state index in [4.69, 9.17) is 14.2 Å². The summed E-state index contributed by atoms with van der Waals surface area (Å²) < 4.78 is 28.9. The highest BCUT2D eigenvalue weighted by Crippen LogP contribution is 2.60. The van der Waals surface area contributed by atoms with Crippen LogP contribution in [0.1, 0.15) is 34.1 Å². The second-order valence-electron chi connectivity index (χ2n) is 5.35. The molecule has 0 amide bonds. The molecule has 1 heterocycles. The number of ether oxygens (including phenoxy) is 3. The Morgan fingerprint density at radius 1 is 1.10 bits per heavy atom. The maximum Gasteiger partial charge on any atom is 0.303 e. The number of methoxy groups -OCH3 is 1. The van der Waals surface area contributed by atoms with Gasteiger partial charge in [-0.2, -0.15) is 0 Å². The Balaban J connectivity index is 3.02. The molecule has 7 heteroatoms. The Morgan fingerprint density at radius 3 is 2.05 bits per heavy atom. The van der Waals surface area contributed by atoms with Gasteiger partial charge in [0, 0.05) is 39.2 Å². The highest BCUT2D eigenvalue weighted by molar-refractivity contribution is 7.65. The molecule has 0 aromatic heterocycles. The van der Waals surface area contributed by atoms with E-state index >= 15 is 0 Å². The van der Waals surface area contributed by atoms with Crippen LogP contribution in [0.15, 0.2) is 0 Å². The number of carbonyl (C=O) groups is 2. The molecular formula is C13H23O6P. The molecule has 6 nitrogen and oxygen atoms in total. The summed E-state index contributed by atoms with van der Waals surface area (Å²) in [7, 11) is -1.31. The highest BCUT2D eigenvalue weighted by Gasteiger charge is 2.49. The maximum absolute atomic E-state index is 13.1. The maximum atomic E-state index is 13.1. The molecule has 0 saturated carbocycles. The van der Waals surface area contributed by atoms with E-state index in [-0.39, 0.29) is 18.2 Å². The summed E-state index contributed by atoms with van der Waals surface area (Å²) in [5.41, 5.74) is -0.150. The first kappa shape index (κ1) is 17.2. The lowest BCUT2D eigenvalue weighted by Gasteiger charge is -2.41. The summed E-state index contributed by atoms with van der Waals surface area (Å²) in [6, 6.07) is 0. The van der Waals surface area contributed by atoms with Gasteiger partial charge in [0.25, 0.3) is 0 Å². The standard InChI is InChI=1S/C13H23O6P/c1-8(2)20(16)7-12(18-9(3)14)11(17-5)6-13(20)19-10(4)15/h8,11-13H,6-7H2,1-5H3/t11-,12+,13?,20?/m0/s1. The first-order valence-corrected chi connectivity index (χ1v) is 8.69. The zero-order valence-corrected chi connectivity index (χ0v) is 13.5. The van der Waals surface area contributed by atoms with Gasteiger partial charge in [0.05, 0.1) is 6.10 Å². The van der Waals surface area contributed by atoms with Gasteiger partial charge in [-0.3, -0.25) is 9.59 Å². The number of rotatable bonds is 4. The monoisotopic (exact) mass is 306 g/mol. The van der Waals surface area contributed by atoms with Gasteiger partial charge in [-0.15, -0.1) is 0 Å². The van der Waals surface area contributed by atoms with Gasteiger partial charge in [-0.25, -0.2) is 0 Å². The van der Waals surface area contributed by atoms with Crippen LogP contribution in [0, 0.1) is 0 Å². The summed E-state index contributed by atoms with van der Waals surface area (Å²) >= 11 is 0. The minimum atomic E-state index is -2.81. The Morgan fingerprint density at radius 2 is 1.65 bits per heavy atom. The Kier molecular flexibility index (Phi) is 5.78. The predicted octanol–water partition coefficient (Wildman–Crippen LogP) is 2.00. The summed E-state index contributed by atoms with van der Waals surface area (Å²) in [5.74, 6) is -1.56. The third kappa shape index (κ3) is 3.83. The van der Waals surface area contributed by atoms with E-state index in [2.05, 4.69) is 0 Å². The van der Waals surface area contributed by atoms with Crippen molar-refractivity contribution in [3.63, 3.8) is 0 Å². The van der Waals surface area contributed by atoms with Gasteiger partial charge in [0.15, 0.2) is 5.85 Å². The molecule has 0 N–H and O–H groups in total. The first-order valence-electron chi connectivity index (χ1n) is 6.66. The zero-order chi connectivity index (χ0) is 15.5. The Bertz CT molecular complexity index is 419. The second-order valence-corrected chi connectivity index (χ2v) is 9.03. The SMILES string of the molecule is CO[C@H]1CC(OC(C)=O)P(=O)(C(C)C)C[C@H]1OC(C)=O. The average molecular weight is 306 g/mol. The molecule has 1 saturated heterocycles. The minimum absolute atomic E-state index is 0.150. The van der Waals surface area contributed by atoms with Crippen LogP contribution < -0.4 is 0 Å². The molecule has 4 atom stereocenters. The summed E-state index contributed by atoms with van der Waals surface area (Å²) in [6.45, 7) is 6.26. The molecule has 1 aliphatic rings. The quantitative estimate of drug-likeness (QED) is 0.584. The largest absolute Gasteiger partial charge is 0.459 e. The lowest BCUT2D eigenvalue weighted by molar-refractivity contribution is -0.157. The topological polar surface area (TPSA) is 78.9 Å². The van der Waals surface area contributed by atoms with Crippen LogP contribution in [0.5, 0.6) is 0 Å². The van der Waals surface area contributed by atoms with Crippen LogP contribution in [-0.2, 0) is 28.4 Å². The molecule has 1 aliphatic heterocycles. The van der Waals surface area contributed by atoms with Crippen LogP contribution in [0.2, 0.25) is 0 Å². The van der Waals surface area contributed by atoms with Crippen molar-refractivity contribution in [1.29, 1.82) is 0 Å². The van der Waals surface area contributed by atoms with E-state index in [1.165, 1.54) is 21.0 Å². The van der Waals surface area contributed by atoms with Gasteiger partial charge in [-0.05, 0) is 0 Å². The van der Waals surface area contributed by atoms with E-state index in [9.17, 15) is 14.2 Å². The highest BCUT2D eigenvalue weighted by atomic mass is 31.2. The van der Waals surface area contributed by atoms with E-state index < -0.39 is 37.1 Å². The number of esters is 2. The fourth-order valence-corrected chi connectivity index (χ4v) is 5.58. The van der Waals surface area contributed by atoms with E-state index in [0.29, 0.717) is 0 Å². The predicted molar refractivity (Wildman–Crippen MR) is 74.1 cm³/mol. The molecule has 1 fully saturated rings. The number of hydrogen-bond acceptors (Lipinski definition) is 6. The minimum Gasteiger partial charge on any atom is -0.459 e. The van der Waals surface area contributed by atoms with Crippen molar-refractivity contribution in [2.24, 2.45) is 0 Å². The molecule has 0 aliphatic carbocycles. The van der Waals surface area contributed by atoms with Crippen molar-refractivity contribution in [1.82, 2.24) is 0 Å². The smallest absolute Gasteiger partial charge is 0.303 e. The molecule has 116 valence electrons. The summed E-state index contributed by atoms with van der Waals surface area (Å²) in [6.07, 6.45) is -0.508. The first-order chi connectivity index (χ1) is 9.20. The lowest BCUT2D eigenvalue weighted by atomic mass is 10.1. The molecule has 0 bridgehead atoms. The molecule has 0 radical (unpaired) electrons. The van der Waals surface area contributed by atoms with Crippen LogP contribution in [0.25, 0.3) is 0 Å². The Hall–Kier alpha value is -0.870. The number of hydrogen-bond donors (Lipinski definition) is 0. The van der Waals surface area contributed by atoms with Crippen molar-refractivity contribution in [2.75, 3.05) is 13.3 Å². The molecular weight excluding hydrogens is 283 g/mol. The van der Waals surface area contributed by atoms with Crippen molar-refractivity contribution in [3.05, 3.63) is 0 Å². The van der Waals surface area contributed by atoms with Crippen molar-refractivity contribution in [3.8, 4) is 0 Å². The number of carbonyl (C=O) groups excluding carboxylic acids is 2. The fraction of sp³-hybridized carbons (Fsp3) is 0.846. The van der Waals surface area contributed by atoms with Gasteiger partial charge in [-0.1, -0.05) is 13.8 Å². The summed E-state index contributed by atoms with van der Waals surface area (Å²) in [5, 5.41) is 0. The van der Waals surface area contributed by atoms with Crippen molar-refractivity contribution >= 4 is 19.1 Å². The van der Waals surface area contributed by atoms with Crippen molar-refractivity contribution in [2.45, 2.75) is 57.8 Å². The van der Waals surface area contributed by atoms with Gasteiger partial charge in [0.2, 0.25) is 0 Å². The molecule has 0 spiro atoms. The molecule has 2 unspecified atom stereocenters. The van der Waals surface area contributed by atoms with Gasteiger partial charge in [0.1, 0.15) is 13.2 Å². The van der Waals surface area contributed by atoms with Gasteiger partial charge < -0.3 is 18.8 Å². The van der Waals surface area contributed by atoms with Gasteiger partial charge >= 0.3 is 11.9 Å². The van der Waals surface area contributed by atoms with Crippen molar-refractivity contribution < 1.29 is 28.4 Å². The normalized spacial score (nSPS) is 33.8. The van der Waals surface area contributed by atoms with E-state index in [1.807, 2.05) is 13.8 Å². The molecule has 20 heavy (non-hydrogen) atoms. The van der Waals surface area contributed by atoms with Crippen LogP contribution in [0.4, 0.5) is 0 Å².